The van der Waals surface area contributed by atoms with Gasteiger partial charge in [0.1, 0.15) is 17.3 Å². The van der Waals surface area contributed by atoms with E-state index in [-0.39, 0.29) is 11.6 Å². The molecule has 3 aromatic rings. The van der Waals surface area contributed by atoms with Crippen LogP contribution in [0.1, 0.15) is 13.3 Å². The first-order valence-corrected chi connectivity index (χ1v) is 8.30. The quantitative estimate of drug-likeness (QED) is 0.682. The van der Waals surface area contributed by atoms with E-state index in [2.05, 4.69) is 15.6 Å². The molecule has 140 valence electrons. The predicted molar refractivity (Wildman–Crippen MR) is 96.0 cm³/mol. The highest BCUT2D eigenvalue weighted by atomic mass is 19.1. The Labute approximate surface area is 155 Å². The number of nitrogens with one attached hydrogen (secondary N) is 1. The Morgan fingerprint density at radius 1 is 1.11 bits per heavy atom. The van der Waals surface area contributed by atoms with E-state index in [0.29, 0.717) is 29.2 Å². The standard InChI is InChI=1S/C19H18FN3O4/c1-3-16(26-15-10-6-13(20)7-11-15)19(24)21-18-17(22-27-23-18)12-4-8-14(25-2)9-5-12/h4-11,16H,3H2,1-2H3,(H,21,23,24)/t16-/m0/s1. The average Bonchev–Trinajstić information content (AvgIpc) is 3.15. The minimum atomic E-state index is -0.782. The van der Waals surface area contributed by atoms with Gasteiger partial charge in [-0.1, -0.05) is 6.92 Å². The van der Waals surface area contributed by atoms with Gasteiger partial charge in [-0.25, -0.2) is 9.02 Å². The molecule has 0 radical (unpaired) electrons. The molecule has 0 spiro atoms. The summed E-state index contributed by atoms with van der Waals surface area (Å²) in [6.07, 6.45) is -0.373. The zero-order valence-electron chi connectivity index (χ0n) is 14.8. The molecule has 0 fully saturated rings. The van der Waals surface area contributed by atoms with Crippen LogP contribution in [0.5, 0.6) is 11.5 Å². The molecule has 0 aliphatic heterocycles. The molecular formula is C19H18FN3O4. The van der Waals surface area contributed by atoms with Crippen LogP contribution in [0, 0.1) is 5.82 Å². The number of halogens is 1. The number of benzene rings is 2. The van der Waals surface area contributed by atoms with Crippen molar-refractivity contribution < 1.29 is 23.3 Å². The Hall–Kier alpha value is -3.42. The highest BCUT2D eigenvalue weighted by Crippen LogP contribution is 2.26. The normalized spacial score (nSPS) is 11.7. The number of carbonyl (C=O) groups excluding carboxylic acids is 1. The van der Waals surface area contributed by atoms with Crippen LogP contribution in [0.4, 0.5) is 10.2 Å². The van der Waals surface area contributed by atoms with Gasteiger partial charge in [-0.05, 0) is 65.3 Å². The highest BCUT2D eigenvalue weighted by Gasteiger charge is 2.22. The van der Waals surface area contributed by atoms with Crippen LogP contribution in [0.15, 0.2) is 53.2 Å². The molecule has 1 amide bonds. The Kier molecular flexibility index (Phi) is 5.65. The van der Waals surface area contributed by atoms with Crippen molar-refractivity contribution in [3.05, 3.63) is 54.3 Å². The number of ether oxygens (including phenoxy) is 2. The summed E-state index contributed by atoms with van der Waals surface area (Å²) in [4.78, 5) is 12.6. The smallest absolute Gasteiger partial charge is 0.266 e. The Bertz CT molecular complexity index is 894. The zero-order chi connectivity index (χ0) is 19.2. The van der Waals surface area contributed by atoms with Crippen molar-refractivity contribution >= 4 is 11.7 Å². The van der Waals surface area contributed by atoms with Gasteiger partial charge in [0.15, 0.2) is 11.8 Å². The third-order valence-electron chi connectivity index (χ3n) is 3.85. The van der Waals surface area contributed by atoms with Gasteiger partial charge in [0, 0.05) is 5.56 Å². The molecule has 1 heterocycles. The van der Waals surface area contributed by atoms with E-state index >= 15 is 0 Å². The summed E-state index contributed by atoms with van der Waals surface area (Å²) in [5.41, 5.74) is 1.10. The van der Waals surface area contributed by atoms with Crippen molar-refractivity contribution in [3.8, 4) is 22.8 Å². The van der Waals surface area contributed by atoms with Crippen LogP contribution >= 0.6 is 0 Å². The lowest BCUT2D eigenvalue weighted by Gasteiger charge is -2.16. The summed E-state index contributed by atoms with van der Waals surface area (Å²) in [5.74, 6) is 0.489. The fraction of sp³-hybridized carbons (Fsp3) is 0.211. The van der Waals surface area contributed by atoms with Crippen LogP contribution in [-0.2, 0) is 4.79 Å². The molecule has 8 heteroatoms. The summed E-state index contributed by atoms with van der Waals surface area (Å²) in [6.45, 7) is 1.80. The maximum Gasteiger partial charge on any atom is 0.266 e. The van der Waals surface area contributed by atoms with Crippen molar-refractivity contribution in [3.63, 3.8) is 0 Å². The molecule has 0 saturated heterocycles. The number of amides is 1. The number of methoxy groups -OCH3 is 1. The number of carbonyl (C=O) groups is 1. The summed E-state index contributed by atoms with van der Waals surface area (Å²) < 4.78 is 28.5. The van der Waals surface area contributed by atoms with Crippen LogP contribution < -0.4 is 14.8 Å². The monoisotopic (exact) mass is 371 g/mol. The molecule has 0 aliphatic carbocycles. The molecule has 0 unspecified atom stereocenters. The van der Waals surface area contributed by atoms with E-state index in [0.717, 1.165) is 0 Å². The van der Waals surface area contributed by atoms with Gasteiger partial charge in [0.25, 0.3) is 5.91 Å². The van der Waals surface area contributed by atoms with Crippen molar-refractivity contribution in [1.29, 1.82) is 0 Å². The number of rotatable bonds is 7. The third-order valence-corrected chi connectivity index (χ3v) is 3.85. The van der Waals surface area contributed by atoms with Crippen molar-refractivity contribution in [2.24, 2.45) is 0 Å². The molecule has 2 aromatic carbocycles. The third kappa shape index (κ3) is 4.41. The number of hydrogen-bond donors (Lipinski definition) is 1. The van der Waals surface area contributed by atoms with Crippen LogP contribution in [0.2, 0.25) is 0 Å². The van der Waals surface area contributed by atoms with Crippen molar-refractivity contribution in [2.45, 2.75) is 19.4 Å². The molecule has 27 heavy (non-hydrogen) atoms. The van der Waals surface area contributed by atoms with Crippen LogP contribution in [0.25, 0.3) is 11.3 Å². The predicted octanol–water partition coefficient (Wildman–Crippen LogP) is 3.68. The molecular weight excluding hydrogens is 353 g/mol. The number of nitrogens with zero attached hydrogens (tertiary/aromatic N) is 2. The minimum absolute atomic E-state index is 0.186. The number of anilines is 1. The SMILES string of the molecule is CC[C@H](Oc1ccc(F)cc1)C(=O)Nc1nonc1-c1ccc(OC)cc1. The molecule has 0 saturated carbocycles. The van der Waals surface area contributed by atoms with Crippen molar-refractivity contribution in [1.82, 2.24) is 10.3 Å². The zero-order valence-corrected chi connectivity index (χ0v) is 14.8. The average molecular weight is 371 g/mol. The lowest BCUT2D eigenvalue weighted by Crippen LogP contribution is -2.32. The molecule has 1 N–H and O–H groups in total. The van der Waals surface area contributed by atoms with Gasteiger partial charge in [0.05, 0.1) is 7.11 Å². The molecule has 7 nitrogen and oxygen atoms in total. The van der Waals surface area contributed by atoms with Gasteiger partial charge >= 0.3 is 0 Å². The van der Waals surface area contributed by atoms with Gasteiger partial charge in [-0.2, -0.15) is 0 Å². The molecule has 0 aliphatic rings. The molecule has 3 rings (SSSR count). The van der Waals surface area contributed by atoms with E-state index < -0.39 is 12.0 Å². The molecule has 1 aromatic heterocycles. The second-order valence-corrected chi connectivity index (χ2v) is 5.65. The Morgan fingerprint density at radius 2 is 1.78 bits per heavy atom. The maximum absolute atomic E-state index is 13.0. The van der Waals surface area contributed by atoms with Gasteiger partial charge < -0.3 is 14.8 Å². The van der Waals surface area contributed by atoms with E-state index in [9.17, 15) is 9.18 Å². The lowest BCUT2D eigenvalue weighted by atomic mass is 10.1. The van der Waals surface area contributed by atoms with Crippen LogP contribution in [-0.4, -0.2) is 29.4 Å². The highest BCUT2D eigenvalue weighted by molar-refractivity contribution is 5.96. The van der Waals surface area contributed by atoms with Gasteiger partial charge in [0.2, 0.25) is 5.82 Å². The van der Waals surface area contributed by atoms with E-state index in [4.69, 9.17) is 14.1 Å². The lowest BCUT2D eigenvalue weighted by molar-refractivity contribution is -0.122. The second-order valence-electron chi connectivity index (χ2n) is 5.65. The first-order valence-electron chi connectivity index (χ1n) is 8.30. The molecule has 1 atom stereocenters. The maximum atomic E-state index is 13.0. The summed E-state index contributed by atoms with van der Waals surface area (Å²) >= 11 is 0. The van der Waals surface area contributed by atoms with E-state index in [1.165, 1.54) is 24.3 Å². The fourth-order valence-corrected chi connectivity index (χ4v) is 2.41. The topological polar surface area (TPSA) is 86.5 Å². The largest absolute Gasteiger partial charge is 0.497 e. The summed E-state index contributed by atoms with van der Waals surface area (Å²) in [6, 6.07) is 12.6. The van der Waals surface area contributed by atoms with E-state index in [1.807, 2.05) is 0 Å². The number of hydrogen-bond acceptors (Lipinski definition) is 6. The first kappa shape index (κ1) is 18.4. The Morgan fingerprint density at radius 3 is 2.41 bits per heavy atom. The molecule has 0 bridgehead atoms. The van der Waals surface area contributed by atoms with Gasteiger partial charge in [-0.3, -0.25) is 4.79 Å². The van der Waals surface area contributed by atoms with Crippen LogP contribution in [0.3, 0.4) is 0 Å². The Balaban J connectivity index is 1.73. The summed E-state index contributed by atoms with van der Waals surface area (Å²) in [7, 11) is 1.57. The van der Waals surface area contributed by atoms with E-state index in [1.54, 1.807) is 38.3 Å². The van der Waals surface area contributed by atoms with Crippen molar-refractivity contribution in [2.75, 3.05) is 12.4 Å². The first-order chi connectivity index (χ1) is 13.1. The van der Waals surface area contributed by atoms with Gasteiger partial charge in [-0.15, -0.1) is 0 Å². The summed E-state index contributed by atoms with van der Waals surface area (Å²) in [5, 5.41) is 10.3. The minimum Gasteiger partial charge on any atom is -0.497 e. The number of aromatic nitrogens is 2. The second kappa shape index (κ2) is 8.31. The fourth-order valence-electron chi connectivity index (χ4n) is 2.41.